The molecule has 8 nitrogen and oxygen atoms in total. The fourth-order valence-corrected chi connectivity index (χ4v) is 2.69. The Bertz CT molecular complexity index is 1100. The van der Waals surface area contributed by atoms with Gasteiger partial charge >= 0.3 is 6.18 Å². The normalized spacial score (nSPS) is 12.7. The molecule has 25 heavy (non-hydrogen) atoms. The number of sulfone groups is 1. The van der Waals surface area contributed by atoms with Crippen LogP contribution in [-0.2, 0) is 16.0 Å². The van der Waals surface area contributed by atoms with E-state index in [1.807, 2.05) is 0 Å². The van der Waals surface area contributed by atoms with Gasteiger partial charge in [0.05, 0.1) is 5.56 Å². The standard InChI is InChI=1S/C12H8ClF3N6O2S/c1-25(23,24)11-19-9(17)22-10(20-11)18-8(21-22)6-3-2-5(13)4-7(6)12(14,15)16/h2-4H,1H3,(H2,17,18,19,20,21). The second kappa shape index (κ2) is 5.52. The molecule has 0 fully saturated rings. The Morgan fingerprint density at radius 2 is 1.88 bits per heavy atom. The monoisotopic (exact) mass is 392 g/mol. The van der Waals surface area contributed by atoms with E-state index < -0.39 is 26.7 Å². The van der Waals surface area contributed by atoms with Crippen molar-refractivity contribution in [2.24, 2.45) is 0 Å². The molecule has 0 aliphatic heterocycles. The van der Waals surface area contributed by atoms with Crippen molar-refractivity contribution in [1.29, 1.82) is 0 Å². The third-order valence-corrected chi connectivity index (χ3v) is 4.15. The number of fused-ring (bicyclic) bond motifs is 1. The molecule has 0 spiro atoms. The van der Waals surface area contributed by atoms with Crippen LogP contribution in [0.5, 0.6) is 0 Å². The van der Waals surface area contributed by atoms with Gasteiger partial charge in [-0.1, -0.05) is 11.6 Å². The van der Waals surface area contributed by atoms with Crippen molar-refractivity contribution < 1.29 is 21.6 Å². The highest BCUT2D eigenvalue weighted by Gasteiger charge is 2.35. The van der Waals surface area contributed by atoms with E-state index in [1.165, 1.54) is 6.07 Å². The number of nitrogen functional groups attached to an aromatic ring is 1. The number of anilines is 1. The molecule has 0 aliphatic carbocycles. The van der Waals surface area contributed by atoms with Crippen molar-refractivity contribution in [3.8, 4) is 11.4 Å². The van der Waals surface area contributed by atoms with Gasteiger partial charge in [-0.05, 0) is 18.2 Å². The Morgan fingerprint density at radius 3 is 2.48 bits per heavy atom. The molecule has 0 saturated heterocycles. The summed E-state index contributed by atoms with van der Waals surface area (Å²) >= 11 is 5.63. The van der Waals surface area contributed by atoms with Gasteiger partial charge in [-0.2, -0.15) is 32.6 Å². The second-order valence-corrected chi connectivity index (χ2v) is 7.32. The van der Waals surface area contributed by atoms with E-state index in [2.05, 4.69) is 20.1 Å². The molecule has 0 bridgehead atoms. The lowest BCUT2D eigenvalue weighted by molar-refractivity contribution is -0.137. The average molecular weight is 393 g/mol. The maximum Gasteiger partial charge on any atom is 0.417 e. The van der Waals surface area contributed by atoms with E-state index >= 15 is 0 Å². The highest BCUT2D eigenvalue weighted by Crippen LogP contribution is 2.37. The molecular weight excluding hydrogens is 385 g/mol. The van der Waals surface area contributed by atoms with Crippen LogP contribution in [0.4, 0.5) is 19.1 Å². The fraction of sp³-hybridized carbons (Fsp3) is 0.167. The molecule has 3 aromatic rings. The number of hydrogen-bond donors (Lipinski definition) is 1. The third kappa shape index (κ3) is 3.22. The van der Waals surface area contributed by atoms with E-state index in [4.69, 9.17) is 17.3 Å². The molecule has 0 aliphatic rings. The van der Waals surface area contributed by atoms with Crippen LogP contribution in [0, 0.1) is 0 Å². The first-order chi connectivity index (χ1) is 11.5. The largest absolute Gasteiger partial charge is 0.417 e. The Balaban J connectivity index is 2.27. The van der Waals surface area contributed by atoms with Crippen molar-refractivity contribution in [3.05, 3.63) is 28.8 Å². The number of benzene rings is 1. The molecule has 2 aromatic heterocycles. The van der Waals surface area contributed by atoms with Crippen LogP contribution in [0.2, 0.25) is 5.02 Å². The van der Waals surface area contributed by atoms with Gasteiger partial charge in [0, 0.05) is 16.8 Å². The maximum absolute atomic E-state index is 13.2. The SMILES string of the molecule is CS(=O)(=O)c1nc(N)n2nc(-c3ccc(Cl)cc3C(F)(F)F)nc2n1. The minimum atomic E-state index is -4.70. The van der Waals surface area contributed by atoms with E-state index in [1.54, 1.807) is 0 Å². The molecule has 0 radical (unpaired) electrons. The fourth-order valence-electron chi connectivity index (χ4n) is 2.01. The number of nitrogens with zero attached hydrogens (tertiary/aromatic N) is 5. The number of hydrogen-bond acceptors (Lipinski definition) is 7. The van der Waals surface area contributed by atoms with E-state index in [-0.39, 0.29) is 28.1 Å². The van der Waals surface area contributed by atoms with E-state index in [0.717, 1.165) is 22.9 Å². The lowest BCUT2D eigenvalue weighted by atomic mass is 10.1. The molecule has 1 aromatic carbocycles. The van der Waals surface area contributed by atoms with Crippen molar-refractivity contribution in [3.63, 3.8) is 0 Å². The molecule has 2 N–H and O–H groups in total. The summed E-state index contributed by atoms with van der Waals surface area (Å²) in [6, 6.07) is 3.08. The Hall–Kier alpha value is -2.47. The van der Waals surface area contributed by atoms with Crippen LogP contribution in [-0.4, -0.2) is 39.2 Å². The van der Waals surface area contributed by atoms with Crippen molar-refractivity contribution in [2.45, 2.75) is 11.3 Å². The molecular formula is C12H8ClF3N6O2S. The average Bonchev–Trinajstić information content (AvgIpc) is 2.89. The highest BCUT2D eigenvalue weighted by atomic mass is 35.5. The minimum Gasteiger partial charge on any atom is -0.368 e. The van der Waals surface area contributed by atoms with Crippen molar-refractivity contribution in [2.75, 3.05) is 12.0 Å². The number of rotatable bonds is 2. The number of aromatic nitrogens is 5. The molecule has 0 amide bonds. The summed E-state index contributed by atoms with van der Waals surface area (Å²) in [5, 5.41) is 3.11. The van der Waals surface area contributed by atoms with Gasteiger partial charge in [0.15, 0.2) is 5.82 Å². The highest BCUT2D eigenvalue weighted by molar-refractivity contribution is 7.90. The van der Waals surface area contributed by atoms with Gasteiger partial charge in [0.25, 0.3) is 10.9 Å². The zero-order chi connectivity index (χ0) is 18.6. The number of nitrogens with two attached hydrogens (primary N) is 1. The van der Waals surface area contributed by atoms with Gasteiger partial charge in [-0.3, -0.25) is 0 Å². The minimum absolute atomic E-state index is 0.112. The predicted octanol–water partition coefficient (Wildman–Crippen LogP) is 1.84. The smallest absolute Gasteiger partial charge is 0.368 e. The van der Waals surface area contributed by atoms with Gasteiger partial charge < -0.3 is 5.73 Å². The maximum atomic E-state index is 13.2. The number of halogens is 4. The summed E-state index contributed by atoms with van der Waals surface area (Å²) in [4.78, 5) is 11.1. The summed E-state index contributed by atoms with van der Waals surface area (Å²) in [5.41, 5.74) is 4.19. The molecule has 2 heterocycles. The van der Waals surface area contributed by atoms with Crippen LogP contribution in [0.1, 0.15) is 5.56 Å². The first kappa shape index (κ1) is 17.4. The summed E-state index contributed by atoms with van der Waals surface area (Å²) in [5.74, 6) is -1.03. The molecule has 0 unspecified atom stereocenters. The number of alkyl halides is 3. The van der Waals surface area contributed by atoms with Crippen LogP contribution in [0.15, 0.2) is 23.4 Å². The van der Waals surface area contributed by atoms with Gasteiger partial charge in [-0.25, -0.2) is 8.42 Å². The quantitative estimate of drug-likeness (QED) is 0.707. The summed E-state index contributed by atoms with van der Waals surface area (Å²) in [6.07, 6.45) is -3.84. The summed E-state index contributed by atoms with van der Waals surface area (Å²) in [6.45, 7) is 0. The Labute approximate surface area is 143 Å². The summed E-state index contributed by atoms with van der Waals surface area (Å²) < 4.78 is 63.5. The van der Waals surface area contributed by atoms with Crippen molar-refractivity contribution in [1.82, 2.24) is 24.6 Å². The van der Waals surface area contributed by atoms with Crippen LogP contribution in [0.3, 0.4) is 0 Å². The predicted molar refractivity (Wildman–Crippen MR) is 81.5 cm³/mol. The van der Waals surface area contributed by atoms with Crippen LogP contribution >= 0.6 is 11.6 Å². The Morgan fingerprint density at radius 1 is 1.20 bits per heavy atom. The van der Waals surface area contributed by atoms with E-state index in [9.17, 15) is 21.6 Å². The zero-order valence-electron chi connectivity index (χ0n) is 12.3. The first-order valence-corrected chi connectivity index (χ1v) is 8.71. The molecule has 0 atom stereocenters. The third-order valence-electron chi connectivity index (χ3n) is 3.07. The van der Waals surface area contributed by atoms with Crippen LogP contribution in [0.25, 0.3) is 17.2 Å². The van der Waals surface area contributed by atoms with Gasteiger partial charge in [0.1, 0.15) is 0 Å². The van der Waals surface area contributed by atoms with E-state index in [0.29, 0.717) is 0 Å². The zero-order valence-corrected chi connectivity index (χ0v) is 13.9. The second-order valence-electron chi connectivity index (χ2n) is 4.97. The van der Waals surface area contributed by atoms with Gasteiger partial charge in [-0.15, -0.1) is 5.10 Å². The molecule has 132 valence electrons. The topological polar surface area (TPSA) is 116 Å². The first-order valence-electron chi connectivity index (χ1n) is 6.44. The lowest BCUT2D eigenvalue weighted by Gasteiger charge is -2.10. The van der Waals surface area contributed by atoms with Gasteiger partial charge in [0.2, 0.25) is 15.8 Å². The summed E-state index contributed by atoms with van der Waals surface area (Å²) in [7, 11) is -3.79. The Kier molecular flexibility index (Phi) is 3.84. The van der Waals surface area contributed by atoms with Crippen LogP contribution < -0.4 is 5.73 Å². The molecule has 13 heteroatoms. The van der Waals surface area contributed by atoms with Crippen molar-refractivity contribution >= 4 is 33.2 Å². The molecule has 3 rings (SSSR count). The molecule has 0 saturated carbocycles. The lowest BCUT2D eigenvalue weighted by Crippen LogP contribution is -2.11.